The summed E-state index contributed by atoms with van der Waals surface area (Å²) in [4.78, 5) is 12.6. The number of anilines is 1. The second-order valence-electron chi connectivity index (χ2n) is 4.07. The molecule has 3 nitrogen and oxygen atoms in total. The second-order valence-corrected chi connectivity index (χ2v) is 4.07. The number of benzene rings is 1. The van der Waals surface area contributed by atoms with Crippen LogP contribution in [-0.2, 0) is 4.79 Å². The fourth-order valence-corrected chi connectivity index (χ4v) is 1.44. The third-order valence-corrected chi connectivity index (χ3v) is 2.39. The molecule has 0 saturated heterocycles. The van der Waals surface area contributed by atoms with Crippen molar-refractivity contribution < 1.29 is 4.79 Å². The minimum absolute atomic E-state index is 0.251. The van der Waals surface area contributed by atoms with Gasteiger partial charge < -0.3 is 10.6 Å². The Morgan fingerprint density at radius 1 is 1.33 bits per heavy atom. The molecule has 0 aliphatic rings. The van der Waals surface area contributed by atoms with Crippen LogP contribution in [0.15, 0.2) is 24.3 Å². The Balaban J connectivity index is 2.75. The van der Waals surface area contributed by atoms with Gasteiger partial charge in [0.15, 0.2) is 0 Å². The van der Waals surface area contributed by atoms with Crippen LogP contribution in [0.3, 0.4) is 0 Å². The lowest BCUT2D eigenvalue weighted by Crippen LogP contribution is -2.30. The number of nitrogens with two attached hydrogens (primary N) is 1. The lowest BCUT2D eigenvalue weighted by molar-refractivity contribution is -0.116. The summed E-state index contributed by atoms with van der Waals surface area (Å²) in [7, 11) is 1.86. The molecule has 0 radical (unpaired) electrons. The van der Waals surface area contributed by atoms with Crippen LogP contribution in [0.5, 0.6) is 0 Å². The van der Waals surface area contributed by atoms with Crippen molar-refractivity contribution in [3.8, 4) is 0 Å². The van der Waals surface area contributed by atoms with E-state index in [4.69, 9.17) is 5.73 Å². The van der Waals surface area contributed by atoms with Gasteiger partial charge >= 0.3 is 0 Å². The first-order valence-corrected chi connectivity index (χ1v) is 5.10. The zero-order chi connectivity index (χ0) is 11.4. The molecule has 0 heterocycles. The first-order chi connectivity index (χ1) is 7.00. The van der Waals surface area contributed by atoms with Crippen molar-refractivity contribution in [3.63, 3.8) is 0 Å². The molecule has 0 spiro atoms. The van der Waals surface area contributed by atoms with E-state index in [1.807, 2.05) is 24.1 Å². The summed E-state index contributed by atoms with van der Waals surface area (Å²) < 4.78 is 0. The highest BCUT2D eigenvalue weighted by Crippen LogP contribution is 2.18. The first-order valence-electron chi connectivity index (χ1n) is 5.10. The number of nitrogens with zero attached hydrogens (tertiary/aromatic N) is 1. The average Bonchev–Trinajstić information content (AvgIpc) is 2.17. The number of amides is 1. The van der Waals surface area contributed by atoms with Crippen LogP contribution in [0, 0.1) is 0 Å². The third-order valence-electron chi connectivity index (χ3n) is 2.39. The summed E-state index contributed by atoms with van der Waals surface area (Å²) >= 11 is 0. The van der Waals surface area contributed by atoms with Crippen LogP contribution in [-0.4, -0.2) is 19.5 Å². The van der Waals surface area contributed by atoms with Crippen LogP contribution in [0.4, 0.5) is 5.69 Å². The fraction of sp³-hybridized carbons (Fsp3) is 0.417. The standard InChI is InChI=1S/C12H18N2O/c1-9(2)10-4-6-11(7-5-10)14(3)8-12(13)15/h4-7,9H,8H2,1-3H3,(H2,13,15). The molecular formula is C12H18N2O. The largest absolute Gasteiger partial charge is 0.368 e. The molecule has 1 aromatic rings. The summed E-state index contributed by atoms with van der Waals surface area (Å²) in [5, 5.41) is 0. The highest BCUT2D eigenvalue weighted by Gasteiger charge is 2.04. The van der Waals surface area contributed by atoms with Crippen LogP contribution < -0.4 is 10.6 Å². The van der Waals surface area contributed by atoms with Crippen molar-refractivity contribution in [3.05, 3.63) is 29.8 Å². The lowest BCUT2D eigenvalue weighted by Gasteiger charge is -2.17. The van der Waals surface area contributed by atoms with Gasteiger partial charge in [-0.2, -0.15) is 0 Å². The quantitative estimate of drug-likeness (QED) is 0.815. The Morgan fingerprint density at radius 3 is 2.27 bits per heavy atom. The summed E-state index contributed by atoms with van der Waals surface area (Å²) in [6, 6.07) is 8.19. The monoisotopic (exact) mass is 206 g/mol. The van der Waals surface area contributed by atoms with Crippen molar-refractivity contribution in [1.82, 2.24) is 0 Å². The molecule has 0 aliphatic carbocycles. The Labute approximate surface area is 90.9 Å². The van der Waals surface area contributed by atoms with E-state index in [9.17, 15) is 4.79 Å². The highest BCUT2D eigenvalue weighted by molar-refractivity contribution is 5.79. The summed E-state index contributed by atoms with van der Waals surface area (Å²) in [6.45, 7) is 4.56. The minimum atomic E-state index is -0.314. The third kappa shape index (κ3) is 3.27. The molecule has 0 unspecified atom stereocenters. The number of carbonyl (C=O) groups excluding carboxylic acids is 1. The van der Waals surface area contributed by atoms with E-state index in [1.54, 1.807) is 0 Å². The predicted octanol–water partition coefficient (Wildman–Crippen LogP) is 1.73. The normalized spacial score (nSPS) is 10.4. The summed E-state index contributed by atoms with van der Waals surface area (Å²) in [5.41, 5.74) is 7.44. The van der Waals surface area contributed by atoms with Crippen molar-refractivity contribution in [2.75, 3.05) is 18.5 Å². The van der Waals surface area contributed by atoms with E-state index < -0.39 is 0 Å². The van der Waals surface area contributed by atoms with E-state index in [1.165, 1.54) is 5.56 Å². The van der Waals surface area contributed by atoms with Gasteiger partial charge in [-0.3, -0.25) is 4.79 Å². The SMILES string of the molecule is CC(C)c1ccc(N(C)CC(N)=O)cc1. The van der Waals surface area contributed by atoms with Crippen molar-refractivity contribution in [2.24, 2.45) is 5.73 Å². The van der Waals surface area contributed by atoms with Gasteiger partial charge in [-0.25, -0.2) is 0 Å². The topological polar surface area (TPSA) is 46.3 Å². The minimum Gasteiger partial charge on any atom is -0.368 e. The maximum Gasteiger partial charge on any atom is 0.236 e. The molecule has 1 rings (SSSR count). The highest BCUT2D eigenvalue weighted by atomic mass is 16.1. The maximum atomic E-state index is 10.7. The van der Waals surface area contributed by atoms with Crippen molar-refractivity contribution in [1.29, 1.82) is 0 Å². The van der Waals surface area contributed by atoms with E-state index >= 15 is 0 Å². The van der Waals surface area contributed by atoms with Gasteiger partial charge in [0.25, 0.3) is 0 Å². The molecule has 15 heavy (non-hydrogen) atoms. The zero-order valence-corrected chi connectivity index (χ0v) is 9.53. The molecule has 1 amide bonds. The van der Waals surface area contributed by atoms with E-state index in [0.29, 0.717) is 5.92 Å². The Bertz CT molecular complexity index is 330. The molecule has 82 valence electrons. The zero-order valence-electron chi connectivity index (χ0n) is 9.53. The molecule has 0 bridgehead atoms. The fourth-order valence-electron chi connectivity index (χ4n) is 1.44. The lowest BCUT2D eigenvalue weighted by atomic mass is 10.0. The van der Waals surface area contributed by atoms with Gasteiger partial charge in [-0.1, -0.05) is 26.0 Å². The van der Waals surface area contributed by atoms with E-state index in [2.05, 4.69) is 26.0 Å². The number of rotatable bonds is 4. The van der Waals surface area contributed by atoms with Gasteiger partial charge in [0.05, 0.1) is 6.54 Å². The average molecular weight is 206 g/mol. The van der Waals surface area contributed by atoms with Gasteiger partial charge in [-0.05, 0) is 23.6 Å². The van der Waals surface area contributed by atoms with Crippen LogP contribution in [0.1, 0.15) is 25.3 Å². The van der Waals surface area contributed by atoms with Crippen LogP contribution in [0.25, 0.3) is 0 Å². The molecule has 0 fully saturated rings. The molecule has 3 heteroatoms. The number of hydrogen-bond acceptors (Lipinski definition) is 2. The molecular weight excluding hydrogens is 188 g/mol. The Kier molecular flexibility index (Phi) is 3.72. The van der Waals surface area contributed by atoms with Gasteiger partial charge in [0.2, 0.25) is 5.91 Å². The van der Waals surface area contributed by atoms with Crippen LogP contribution in [0.2, 0.25) is 0 Å². The number of carbonyl (C=O) groups is 1. The van der Waals surface area contributed by atoms with Gasteiger partial charge in [-0.15, -0.1) is 0 Å². The van der Waals surface area contributed by atoms with E-state index in [-0.39, 0.29) is 12.5 Å². The first kappa shape index (κ1) is 11.6. The van der Waals surface area contributed by atoms with E-state index in [0.717, 1.165) is 5.69 Å². The maximum absolute atomic E-state index is 10.7. The molecule has 0 aliphatic heterocycles. The van der Waals surface area contributed by atoms with Gasteiger partial charge in [0.1, 0.15) is 0 Å². The Morgan fingerprint density at radius 2 is 1.87 bits per heavy atom. The number of hydrogen-bond donors (Lipinski definition) is 1. The second kappa shape index (κ2) is 4.82. The van der Waals surface area contributed by atoms with Crippen LogP contribution >= 0.6 is 0 Å². The molecule has 0 atom stereocenters. The molecule has 1 aromatic carbocycles. The number of primary amides is 1. The molecule has 0 aromatic heterocycles. The number of likely N-dealkylation sites (N-methyl/N-ethyl adjacent to an activating group) is 1. The molecule has 0 saturated carbocycles. The predicted molar refractivity (Wildman–Crippen MR) is 63.0 cm³/mol. The van der Waals surface area contributed by atoms with Gasteiger partial charge in [0, 0.05) is 12.7 Å². The smallest absolute Gasteiger partial charge is 0.236 e. The van der Waals surface area contributed by atoms with Crippen molar-refractivity contribution >= 4 is 11.6 Å². The Hall–Kier alpha value is -1.51. The summed E-state index contributed by atoms with van der Waals surface area (Å²) in [5.74, 6) is 0.214. The molecule has 2 N–H and O–H groups in total. The van der Waals surface area contributed by atoms with Crippen molar-refractivity contribution in [2.45, 2.75) is 19.8 Å². The summed E-state index contributed by atoms with van der Waals surface area (Å²) in [6.07, 6.45) is 0.